The molecule has 0 aliphatic rings. The van der Waals surface area contributed by atoms with Gasteiger partial charge in [0.2, 0.25) is 11.6 Å². The summed E-state index contributed by atoms with van der Waals surface area (Å²) in [5, 5.41) is 13.1. The summed E-state index contributed by atoms with van der Waals surface area (Å²) < 4.78 is 11.0. The fourth-order valence-electron chi connectivity index (χ4n) is 1.77. The predicted octanol–water partition coefficient (Wildman–Crippen LogP) is 3.90. The minimum Gasteiger partial charge on any atom is -0.494 e. The van der Waals surface area contributed by atoms with E-state index in [0.717, 1.165) is 17.7 Å². The Hall–Kier alpha value is -2.81. The highest BCUT2D eigenvalue weighted by Crippen LogP contribution is 2.22. The Kier molecular flexibility index (Phi) is 5.75. The molecule has 1 aromatic carbocycles. The molecule has 1 heterocycles. The van der Waals surface area contributed by atoms with Crippen molar-refractivity contribution in [3.8, 4) is 11.8 Å². The van der Waals surface area contributed by atoms with Crippen LogP contribution in [-0.2, 0) is 0 Å². The van der Waals surface area contributed by atoms with Crippen LogP contribution in [0.2, 0.25) is 0 Å². The van der Waals surface area contributed by atoms with E-state index in [2.05, 4.69) is 22.4 Å². The van der Waals surface area contributed by atoms with Crippen LogP contribution in [0, 0.1) is 11.3 Å². The normalized spacial score (nSPS) is 10.9. The van der Waals surface area contributed by atoms with Crippen molar-refractivity contribution in [1.29, 1.82) is 5.26 Å². The number of hydrogen-bond acceptors (Lipinski definition) is 6. The number of aromatic nitrogens is 1. The van der Waals surface area contributed by atoms with E-state index in [-0.39, 0.29) is 17.5 Å². The largest absolute Gasteiger partial charge is 0.494 e. The summed E-state index contributed by atoms with van der Waals surface area (Å²) in [5.74, 6) is 1.71. The molecule has 0 radical (unpaired) electrons. The lowest BCUT2D eigenvalue weighted by Crippen LogP contribution is -1.95. The molecular weight excluding hydrogens is 292 g/mol. The van der Waals surface area contributed by atoms with Crippen molar-refractivity contribution in [2.75, 3.05) is 12.0 Å². The number of benzene rings is 1. The summed E-state index contributed by atoms with van der Waals surface area (Å²) in [6.45, 7) is 6.66. The Balaban J connectivity index is 2.00. The Morgan fingerprint density at radius 1 is 1.39 bits per heavy atom. The molecule has 0 spiro atoms. The van der Waals surface area contributed by atoms with Gasteiger partial charge in [-0.1, -0.05) is 20.8 Å². The van der Waals surface area contributed by atoms with Gasteiger partial charge in [-0.3, -0.25) is 0 Å². The van der Waals surface area contributed by atoms with E-state index in [9.17, 15) is 0 Å². The molecule has 1 aromatic heterocycles. The van der Waals surface area contributed by atoms with E-state index >= 15 is 0 Å². The SMILES string of the molecule is CCCOc1ccc(/C=N/Nc2oc(C(C)C)nc2C#N)cc1. The summed E-state index contributed by atoms with van der Waals surface area (Å²) in [4.78, 5) is 4.11. The zero-order valence-corrected chi connectivity index (χ0v) is 13.5. The first-order valence-electron chi connectivity index (χ1n) is 7.56. The lowest BCUT2D eigenvalue weighted by molar-refractivity contribution is 0.317. The minimum absolute atomic E-state index is 0.109. The van der Waals surface area contributed by atoms with Gasteiger partial charge in [0.05, 0.1) is 12.8 Å². The molecule has 0 fully saturated rings. The first kappa shape index (κ1) is 16.6. The molecule has 6 nitrogen and oxygen atoms in total. The van der Waals surface area contributed by atoms with Crippen molar-refractivity contribution in [3.63, 3.8) is 0 Å². The van der Waals surface area contributed by atoms with E-state index in [1.807, 2.05) is 44.2 Å². The molecule has 0 aliphatic heterocycles. The molecule has 0 atom stereocenters. The maximum atomic E-state index is 9.05. The highest BCUT2D eigenvalue weighted by atomic mass is 16.5. The molecule has 2 aromatic rings. The standard InChI is InChI=1S/C17H20N4O2/c1-4-9-22-14-7-5-13(6-8-14)11-19-21-17-15(10-18)20-16(23-17)12(2)3/h5-8,11-12,21H,4,9H2,1-3H3/b19-11+. The smallest absolute Gasteiger partial charge is 0.252 e. The van der Waals surface area contributed by atoms with Gasteiger partial charge in [-0.05, 0) is 36.2 Å². The number of anilines is 1. The van der Waals surface area contributed by atoms with Crippen LogP contribution in [0.4, 0.5) is 5.88 Å². The third-order valence-electron chi connectivity index (χ3n) is 2.98. The number of ether oxygens (including phenoxy) is 1. The van der Waals surface area contributed by atoms with E-state index in [1.165, 1.54) is 0 Å². The Morgan fingerprint density at radius 3 is 2.74 bits per heavy atom. The van der Waals surface area contributed by atoms with Gasteiger partial charge in [-0.25, -0.2) is 10.4 Å². The third kappa shape index (κ3) is 4.58. The molecule has 0 saturated carbocycles. The van der Waals surface area contributed by atoms with Gasteiger partial charge in [0.1, 0.15) is 11.8 Å². The van der Waals surface area contributed by atoms with E-state index < -0.39 is 0 Å². The van der Waals surface area contributed by atoms with Crippen LogP contribution in [0.5, 0.6) is 5.75 Å². The van der Waals surface area contributed by atoms with Gasteiger partial charge in [0.15, 0.2) is 0 Å². The molecular formula is C17H20N4O2. The molecule has 23 heavy (non-hydrogen) atoms. The second kappa shape index (κ2) is 7.99. The number of nitriles is 1. The second-order valence-corrected chi connectivity index (χ2v) is 5.28. The average Bonchev–Trinajstić information content (AvgIpc) is 2.98. The van der Waals surface area contributed by atoms with Crippen molar-refractivity contribution < 1.29 is 9.15 Å². The van der Waals surface area contributed by atoms with Crippen molar-refractivity contribution in [3.05, 3.63) is 41.4 Å². The zero-order valence-electron chi connectivity index (χ0n) is 13.5. The van der Waals surface area contributed by atoms with E-state index in [0.29, 0.717) is 12.5 Å². The van der Waals surface area contributed by atoms with Gasteiger partial charge in [-0.2, -0.15) is 10.4 Å². The highest BCUT2D eigenvalue weighted by Gasteiger charge is 2.14. The quantitative estimate of drug-likeness (QED) is 0.619. The third-order valence-corrected chi connectivity index (χ3v) is 2.98. The van der Waals surface area contributed by atoms with Crippen LogP contribution in [-0.4, -0.2) is 17.8 Å². The number of oxazole rings is 1. The van der Waals surface area contributed by atoms with Crippen molar-refractivity contribution in [2.45, 2.75) is 33.1 Å². The molecule has 0 saturated heterocycles. The zero-order chi connectivity index (χ0) is 16.7. The maximum absolute atomic E-state index is 9.05. The highest BCUT2D eigenvalue weighted by molar-refractivity contribution is 5.80. The lowest BCUT2D eigenvalue weighted by Gasteiger charge is -2.03. The molecule has 6 heteroatoms. The topological polar surface area (TPSA) is 83.4 Å². The molecule has 0 bridgehead atoms. The number of hydrazone groups is 1. The molecule has 2 rings (SSSR count). The molecule has 0 amide bonds. The van der Waals surface area contributed by atoms with Crippen molar-refractivity contribution in [2.24, 2.45) is 5.10 Å². The Bertz CT molecular complexity index is 696. The predicted molar refractivity (Wildman–Crippen MR) is 88.8 cm³/mol. The lowest BCUT2D eigenvalue weighted by atomic mass is 10.2. The second-order valence-electron chi connectivity index (χ2n) is 5.28. The van der Waals surface area contributed by atoms with Crippen molar-refractivity contribution in [1.82, 2.24) is 4.98 Å². The molecule has 0 aliphatic carbocycles. The summed E-state index contributed by atoms with van der Waals surface area (Å²) in [5.41, 5.74) is 3.83. The maximum Gasteiger partial charge on any atom is 0.252 e. The molecule has 1 N–H and O–H groups in total. The first-order chi connectivity index (χ1) is 11.1. The number of rotatable bonds is 7. The fraction of sp³-hybridized carbons (Fsp3) is 0.353. The monoisotopic (exact) mass is 312 g/mol. The van der Waals surface area contributed by atoms with Gasteiger partial charge >= 0.3 is 0 Å². The van der Waals surface area contributed by atoms with Crippen LogP contribution in [0.25, 0.3) is 0 Å². The number of nitrogens with zero attached hydrogens (tertiary/aromatic N) is 3. The van der Waals surface area contributed by atoms with Gasteiger partial charge in [0.25, 0.3) is 5.88 Å². The summed E-state index contributed by atoms with van der Waals surface area (Å²) >= 11 is 0. The minimum atomic E-state index is 0.109. The van der Waals surface area contributed by atoms with Gasteiger partial charge in [-0.15, -0.1) is 0 Å². The number of nitrogens with one attached hydrogen (secondary N) is 1. The van der Waals surface area contributed by atoms with Crippen LogP contribution >= 0.6 is 0 Å². The van der Waals surface area contributed by atoms with Crippen LogP contribution < -0.4 is 10.2 Å². The Labute approximate surface area is 135 Å². The van der Waals surface area contributed by atoms with E-state index in [1.54, 1.807) is 6.21 Å². The van der Waals surface area contributed by atoms with Crippen LogP contribution in [0.3, 0.4) is 0 Å². The van der Waals surface area contributed by atoms with Crippen LogP contribution in [0.1, 0.15) is 50.3 Å². The molecule has 120 valence electrons. The van der Waals surface area contributed by atoms with Gasteiger partial charge in [0, 0.05) is 5.92 Å². The average molecular weight is 312 g/mol. The van der Waals surface area contributed by atoms with E-state index in [4.69, 9.17) is 14.4 Å². The van der Waals surface area contributed by atoms with Crippen LogP contribution in [0.15, 0.2) is 33.8 Å². The fourth-order valence-corrected chi connectivity index (χ4v) is 1.77. The van der Waals surface area contributed by atoms with Gasteiger partial charge < -0.3 is 9.15 Å². The number of hydrogen-bond donors (Lipinski definition) is 1. The van der Waals surface area contributed by atoms with Crippen molar-refractivity contribution >= 4 is 12.1 Å². The molecule has 0 unspecified atom stereocenters. The Morgan fingerprint density at radius 2 is 2.13 bits per heavy atom. The summed E-state index contributed by atoms with van der Waals surface area (Å²) in [6, 6.07) is 9.58. The first-order valence-corrected chi connectivity index (χ1v) is 7.56. The summed E-state index contributed by atoms with van der Waals surface area (Å²) in [6.07, 6.45) is 2.62. The summed E-state index contributed by atoms with van der Waals surface area (Å²) in [7, 11) is 0.